The highest BCUT2D eigenvalue weighted by molar-refractivity contribution is 7.82. The number of benzene rings is 2. The van der Waals surface area contributed by atoms with Crippen molar-refractivity contribution in [2.45, 2.75) is 4.34 Å². The Kier molecular flexibility index (Phi) is 3.82. The molecule has 0 fully saturated rings. The van der Waals surface area contributed by atoms with E-state index in [1.165, 1.54) is 14.8 Å². The molecule has 1 nitrogen and oxygen atoms in total. The second kappa shape index (κ2) is 5.74. The van der Waals surface area contributed by atoms with Gasteiger partial charge in [0.25, 0.3) is 0 Å². The summed E-state index contributed by atoms with van der Waals surface area (Å²) >= 11 is 7.54. The molecule has 2 heterocycles. The molecule has 0 amide bonds. The van der Waals surface area contributed by atoms with Gasteiger partial charge in [0.15, 0.2) is 0 Å². The predicted molar refractivity (Wildman–Crippen MR) is 88.7 cm³/mol. The lowest BCUT2D eigenvalue weighted by Gasteiger charge is -1.82. The highest BCUT2D eigenvalue weighted by atomic mass is 32.2. The number of hydrogen-bond acceptors (Lipinski definition) is 4. The molecule has 0 saturated heterocycles. The van der Waals surface area contributed by atoms with Gasteiger partial charge in [0, 0.05) is 4.70 Å². The summed E-state index contributed by atoms with van der Waals surface area (Å²) in [6.07, 6.45) is 0. The fraction of sp³-hybridized carbons (Fsp3) is 0. The summed E-state index contributed by atoms with van der Waals surface area (Å²) in [5, 5.41) is 3.47. The second-order valence-corrected chi connectivity index (χ2v) is 6.63. The van der Waals surface area contributed by atoms with Crippen molar-refractivity contribution in [2.75, 3.05) is 0 Å². The van der Waals surface area contributed by atoms with Crippen LogP contribution in [0.1, 0.15) is 0 Å². The topological polar surface area (TPSA) is 12.9 Å². The van der Waals surface area contributed by atoms with Gasteiger partial charge >= 0.3 is 0 Å². The Balaban J connectivity index is 0.000000117. The predicted octanol–water partition coefficient (Wildman–Crippen LogP) is 5.49. The number of fused-ring (bicyclic) bond motifs is 2. The maximum atomic E-state index is 4.20. The summed E-state index contributed by atoms with van der Waals surface area (Å²) in [6, 6.07) is 18.6. The Hall–Kier alpha value is -1.36. The first-order chi connectivity index (χ1) is 9.33. The number of nitrogens with zero attached hydrogens (tertiary/aromatic N) is 1. The molecule has 0 aliphatic carbocycles. The van der Waals surface area contributed by atoms with Crippen molar-refractivity contribution in [3.63, 3.8) is 0 Å². The number of aromatic nitrogens is 1. The lowest BCUT2D eigenvalue weighted by Crippen LogP contribution is -1.63. The van der Waals surface area contributed by atoms with Crippen LogP contribution in [0.4, 0.5) is 0 Å². The molecule has 4 aromatic rings. The molecule has 0 spiro atoms. The minimum atomic E-state index is 0.834. The first-order valence-corrected chi connectivity index (χ1v) is 7.94. The Bertz CT molecular complexity index is 738. The van der Waals surface area contributed by atoms with E-state index in [1.807, 2.05) is 24.3 Å². The molecule has 4 heteroatoms. The van der Waals surface area contributed by atoms with E-state index in [0.29, 0.717) is 0 Å². The van der Waals surface area contributed by atoms with Crippen LogP contribution in [0.2, 0.25) is 0 Å². The lowest BCUT2D eigenvalue weighted by molar-refractivity contribution is 1.31. The molecule has 0 saturated carbocycles. The third kappa shape index (κ3) is 2.97. The molecular weight excluding hydrogens is 290 g/mol. The summed E-state index contributed by atoms with van der Waals surface area (Å²) in [5.74, 6) is 0. The smallest absolute Gasteiger partial charge is 0.148 e. The zero-order valence-corrected chi connectivity index (χ0v) is 12.5. The van der Waals surface area contributed by atoms with Crippen LogP contribution in [-0.4, -0.2) is 4.98 Å². The first kappa shape index (κ1) is 12.7. The van der Waals surface area contributed by atoms with Crippen molar-refractivity contribution >= 4 is 55.6 Å². The normalized spacial score (nSPS) is 10.4. The number of para-hydroxylation sites is 1. The number of thiophene rings is 1. The summed E-state index contributed by atoms with van der Waals surface area (Å²) in [5.41, 5.74) is 1.04. The maximum absolute atomic E-state index is 4.20. The molecule has 0 aliphatic heterocycles. The minimum absolute atomic E-state index is 0.834. The van der Waals surface area contributed by atoms with Gasteiger partial charge in [-0.25, -0.2) is 4.98 Å². The van der Waals surface area contributed by atoms with Crippen LogP contribution < -0.4 is 0 Å². The van der Waals surface area contributed by atoms with E-state index in [2.05, 4.69) is 53.3 Å². The van der Waals surface area contributed by atoms with Crippen molar-refractivity contribution in [3.8, 4) is 0 Å². The van der Waals surface area contributed by atoms with Crippen molar-refractivity contribution in [1.29, 1.82) is 0 Å². The van der Waals surface area contributed by atoms with Crippen molar-refractivity contribution in [3.05, 3.63) is 60.0 Å². The van der Waals surface area contributed by atoms with E-state index in [-0.39, 0.29) is 0 Å². The zero-order chi connectivity index (χ0) is 13.1. The Morgan fingerprint density at radius 2 is 1.58 bits per heavy atom. The maximum Gasteiger partial charge on any atom is 0.148 e. The van der Waals surface area contributed by atoms with E-state index >= 15 is 0 Å². The number of rotatable bonds is 0. The highest BCUT2D eigenvalue weighted by Crippen LogP contribution is 2.23. The van der Waals surface area contributed by atoms with Crippen LogP contribution >= 0.6 is 35.3 Å². The van der Waals surface area contributed by atoms with Crippen LogP contribution in [0.5, 0.6) is 0 Å². The van der Waals surface area contributed by atoms with E-state index in [4.69, 9.17) is 0 Å². The summed E-state index contributed by atoms with van der Waals surface area (Å²) in [6.45, 7) is 0. The highest BCUT2D eigenvalue weighted by Gasteiger charge is 1.96. The molecule has 4 rings (SSSR count). The summed E-state index contributed by atoms with van der Waals surface area (Å²) in [7, 11) is 0. The van der Waals surface area contributed by atoms with Gasteiger partial charge < -0.3 is 0 Å². The first-order valence-electron chi connectivity index (χ1n) is 5.80. The molecule has 2 aromatic carbocycles. The lowest BCUT2D eigenvalue weighted by atomic mass is 10.3. The number of thiazole rings is 1. The monoisotopic (exact) mass is 301 g/mol. The van der Waals surface area contributed by atoms with Gasteiger partial charge in [-0.15, -0.1) is 35.3 Å². The van der Waals surface area contributed by atoms with Gasteiger partial charge in [0.05, 0.1) is 10.2 Å². The van der Waals surface area contributed by atoms with E-state index in [0.717, 1.165) is 9.86 Å². The van der Waals surface area contributed by atoms with Gasteiger partial charge in [-0.2, -0.15) is 0 Å². The van der Waals surface area contributed by atoms with Crippen LogP contribution in [0.25, 0.3) is 20.3 Å². The molecule has 2 aromatic heterocycles. The van der Waals surface area contributed by atoms with E-state index in [1.54, 1.807) is 22.7 Å². The summed E-state index contributed by atoms with van der Waals surface area (Å²) < 4.78 is 3.41. The summed E-state index contributed by atoms with van der Waals surface area (Å²) in [4.78, 5) is 4.20. The van der Waals surface area contributed by atoms with Crippen molar-refractivity contribution in [2.24, 2.45) is 0 Å². The van der Waals surface area contributed by atoms with Gasteiger partial charge in [-0.3, -0.25) is 0 Å². The van der Waals surface area contributed by atoms with Crippen molar-refractivity contribution in [1.82, 2.24) is 4.98 Å². The van der Waals surface area contributed by atoms with Gasteiger partial charge in [-0.1, -0.05) is 30.3 Å². The minimum Gasteiger partial charge on any atom is -0.230 e. The van der Waals surface area contributed by atoms with Gasteiger partial charge in [0.2, 0.25) is 0 Å². The largest absolute Gasteiger partial charge is 0.230 e. The Labute approximate surface area is 125 Å². The molecule has 0 radical (unpaired) electrons. The number of hydrogen-bond donors (Lipinski definition) is 1. The fourth-order valence-corrected chi connectivity index (χ4v) is 3.67. The SMILES string of the molecule is Sc1nc2ccccc2s1.c1ccc2sccc2c1. The van der Waals surface area contributed by atoms with E-state index < -0.39 is 0 Å². The fourth-order valence-electron chi connectivity index (χ4n) is 1.77. The van der Waals surface area contributed by atoms with Crippen molar-refractivity contribution < 1.29 is 0 Å². The third-order valence-electron chi connectivity index (χ3n) is 2.64. The number of thiol groups is 1. The van der Waals surface area contributed by atoms with Crippen LogP contribution in [0, 0.1) is 0 Å². The van der Waals surface area contributed by atoms with Gasteiger partial charge in [0.1, 0.15) is 4.34 Å². The molecular formula is C15H11NS3. The molecule has 94 valence electrons. The molecule has 19 heavy (non-hydrogen) atoms. The second-order valence-electron chi connectivity index (χ2n) is 3.92. The third-order valence-corrected chi connectivity index (χ3v) is 4.75. The molecule has 0 aliphatic rings. The zero-order valence-electron chi connectivity index (χ0n) is 9.98. The Morgan fingerprint density at radius 3 is 2.37 bits per heavy atom. The Morgan fingerprint density at radius 1 is 0.842 bits per heavy atom. The van der Waals surface area contributed by atoms with Crippen LogP contribution in [0.15, 0.2) is 64.3 Å². The van der Waals surface area contributed by atoms with Gasteiger partial charge in [-0.05, 0) is 35.0 Å². The average Bonchev–Trinajstić information content (AvgIpc) is 3.03. The molecule has 0 unspecified atom stereocenters. The average molecular weight is 301 g/mol. The standard InChI is InChI=1S/C8H6S.C7H5NS2/c1-2-4-8-7(3-1)5-6-9-8;9-7-8-5-3-1-2-4-6(5)10-7/h1-6H;1-4H,(H,8,9). The van der Waals surface area contributed by atoms with Crippen LogP contribution in [0.3, 0.4) is 0 Å². The van der Waals surface area contributed by atoms with E-state index in [9.17, 15) is 0 Å². The molecule has 0 bridgehead atoms. The quantitative estimate of drug-likeness (QED) is 0.424. The molecule has 0 N–H and O–H groups in total. The van der Waals surface area contributed by atoms with Crippen LogP contribution in [-0.2, 0) is 0 Å². The molecule has 0 atom stereocenters.